The van der Waals surface area contributed by atoms with Crippen LogP contribution in [0.4, 0.5) is 11.9 Å². The van der Waals surface area contributed by atoms with Crippen molar-refractivity contribution < 1.29 is 9.15 Å². The van der Waals surface area contributed by atoms with Gasteiger partial charge in [-0.2, -0.15) is 15.0 Å². The lowest BCUT2D eigenvalue weighted by Crippen LogP contribution is -2.11. The number of rotatable bonds is 8. The zero-order valence-corrected chi connectivity index (χ0v) is 13.3. The van der Waals surface area contributed by atoms with E-state index in [0.29, 0.717) is 31.6 Å². The van der Waals surface area contributed by atoms with E-state index in [0.717, 1.165) is 11.3 Å². The Hall–Kier alpha value is -3.16. The lowest BCUT2D eigenvalue weighted by Gasteiger charge is -2.09. The molecule has 0 amide bonds. The summed E-state index contributed by atoms with van der Waals surface area (Å²) in [4.78, 5) is 16.9. The maximum absolute atomic E-state index is 5.40. The van der Waals surface area contributed by atoms with E-state index in [9.17, 15) is 0 Å². The molecular weight excluding hydrogens is 308 g/mol. The topological polar surface area (TPSA) is 98.0 Å². The van der Waals surface area contributed by atoms with Gasteiger partial charge in [0.25, 0.3) is 0 Å². The van der Waals surface area contributed by atoms with E-state index in [1.54, 1.807) is 18.7 Å². The molecule has 0 atom stereocenters. The fourth-order valence-electron chi connectivity index (χ4n) is 1.97. The third-order valence-electron chi connectivity index (χ3n) is 3.06. The molecule has 8 heteroatoms. The van der Waals surface area contributed by atoms with Crippen LogP contribution in [0.5, 0.6) is 6.01 Å². The molecule has 2 N–H and O–H groups in total. The van der Waals surface area contributed by atoms with Crippen LogP contribution in [0, 0.1) is 0 Å². The first-order chi connectivity index (χ1) is 11.8. The minimum atomic E-state index is 0.267. The van der Waals surface area contributed by atoms with Crippen LogP contribution in [0.25, 0.3) is 0 Å². The smallest absolute Gasteiger partial charge is 0.323 e. The molecule has 0 aromatic carbocycles. The van der Waals surface area contributed by atoms with Crippen LogP contribution in [0.2, 0.25) is 0 Å². The average Bonchev–Trinajstić information content (AvgIpc) is 3.13. The molecule has 0 unspecified atom stereocenters. The maximum Gasteiger partial charge on any atom is 0.323 e. The number of anilines is 2. The van der Waals surface area contributed by atoms with Crippen LogP contribution in [0.15, 0.2) is 47.3 Å². The summed E-state index contributed by atoms with van der Waals surface area (Å²) in [5.41, 5.74) is 1.03. The molecule has 0 spiro atoms. The average molecular weight is 326 g/mol. The lowest BCUT2D eigenvalue weighted by molar-refractivity contribution is 0.312. The van der Waals surface area contributed by atoms with Gasteiger partial charge in [0.05, 0.1) is 19.4 Å². The highest BCUT2D eigenvalue weighted by Gasteiger charge is 2.08. The second-order valence-electron chi connectivity index (χ2n) is 4.85. The Kier molecular flexibility index (Phi) is 5.18. The largest absolute Gasteiger partial charge is 0.467 e. The molecule has 0 aliphatic rings. The SMILES string of the molecule is CCOc1nc(NCc2cccnc2)nc(NCc2ccco2)n1. The van der Waals surface area contributed by atoms with Crippen LogP contribution in [0.3, 0.4) is 0 Å². The fraction of sp³-hybridized carbons (Fsp3) is 0.250. The highest BCUT2D eigenvalue weighted by Crippen LogP contribution is 2.13. The standard InChI is InChI=1S/C16H18N6O2/c1-2-23-16-21-14(18-10-12-5-3-7-17-9-12)20-15(22-16)19-11-13-6-4-8-24-13/h3-9H,2,10-11H2,1H3,(H2,18,19,20,21,22). The molecule has 0 radical (unpaired) electrons. The van der Waals surface area contributed by atoms with Gasteiger partial charge in [0, 0.05) is 18.9 Å². The molecule has 124 valence electrons. The predicted molar refractivity (Wildman–Crippen MR) is 88.6 cm³/mol. The Morgan fingerprint density at radius 2 is 1.88 bits per heavy atom. The minimum absolute atomic E-state index is 0.267. The molecular formula is C16H18N6O2. The molecule has 0 aliphatic carbocycles. The second kappa shape index (κ2) is 7.91. The van der Waals surface area contributed by atoms with Gasteiger partial charge in [0.1, 0.15) is 5.76 Å². The van der Waals surface area contributed by atoms with Crippen LogP contribution >= 0.6 is 0 Å². The zero-order valence-electron chi connectivity index (χ0n) is 13.3. The molecule has 24 heavy (non-hydrogen) atoms. The van der Waals surface area contributed by atoms with E-state index >= 15 is 0 Å². The van der Waals surface area contributed by atoms with Gasteiger partial charge in [-0.1, -0.05) is 6.07 Å². The predicted octanol–water partition coefficient (Wildman–Crippen LogP) is 2.48. The van der Waals surface area contributed by atoms with Gasteiger partial charge in [-0.05, 0) is 30.7 Å². The highest BCUT2D eigenvalue weighted by molar-refractivity contribution is 5.36. The van der Waals surface area contributed by atoms with Gasteiger partial charge in [-0.3, -0.25) is 4.98 Å². The van der Waals surface area contributed by atoms with Crippen LogP contribution < -0.4 is 15.4 Å². The number of nitrogens with one attached hydrogen (secondary N) is 2. The van der Waals surface area contributed by atoms with Crippen molar-refractivity contribution in [2.75, 3.05) is 17.2 Å². The summed E-state index contributed by atoms with van der Waals surface area (Å²) in [6, 6.07) is 7.83. The van der Waals surface area contributed by atoms with E-state index in [1.165, 1.54) is 0 Å². The third kappa shape index (κ3) is 4.42. The molecule has 3 rings (SSSR count). The number of hydrogen-bond donors (Lipinski definition) is 2. The Morgan fingerprint density at radius 3 is 2.54 bits per heavy atom. The van der Waals surface area contributed by atoms with Crippen LogP contribution in [0.1, 0.15) is 18.2 Å². The van der Waals surface area contributed by atoms with Crippen molar-refractivity contribution in [1.82, 2.24) is 19.9 Å². The van der Waals surface area contributed by atoms with Crippen molar-refractivity contribution in [3.8, 4) is 6.01 Å². The van der Waals surface area contributed by atoms with Crippen LogP contribution in [-0.4, -0.2) is 26.5 Å². The van der Waals surface area contributed by atoms with E-state index in [1.807, 2.05) is 31.2 Å². The van der Waals surface area contributed by atoms with Crippen molar-refractivity contribution in [3.05, 3.63) is 54.2 Å². The molecule has 0 saturated carbocycles. The first-order valence-corrected chi connectivity index (χ1v) is 7.61. The van der Waals surface area contributed by atoms with E-state index < -0.39 is 0 Å². The summed E-state index contributed by atoms with van der Waals surface area (Å²) in [6.07, 6.45) is 5.14. The molecule has 8 nitrogen and oxygen atoms in total. The molecule has 0 aliphatic heterocycles. The number of aromatic nitrogens is 4. The molecule has 0 saturated heterocycles. The minimum Gasteiger partial charge on any atom is -0.467 e. The quantitative estimate of drug-likeness (QED) is 0.651. The molecule has 3 heterocycles. The maximum atomic E-state index is 5.40. The number of furan rings is 1. The first kappa shape index (κ1) is 15.7. The summed E-state index contributed by atoms with van der Waals surface area (Å²) in [7, 11) is 0. The third-order valence-corrected chi connectivity index (χ3v) is 3.06. The number of hydrogen-bond acceptors (Lipinski definition) is 8. The summed E-state index contributed by atoms with van der Waals surface area (Å²) in [6.45, 7) is 3.39. The van der Waals surface area contributed by atoms with Gasteiger partial charge < -0.3 is 19.8 Å². The second-order valence-corrected chi connectivity index (χ2v) is 4.85. The zero-order chi connectivity index (χ0) is 16.6. The summed E-state index contributed by atoms with van der Waals surface area (Å²) in [5.74, 6) is 1.64. The van der Waals surface area contributed by atoms with Gasteiger partial charge in [0.15, 0.2) is 0 Å². The van der Waals surface area contributed by atoms with Gasteiger partial charge in [0.2, 0.25) is 11.9 Å². The Bertz CT molecular complexity index is 749. The highest BCUT2D eigenvalue weighted by atomic mass is 16.5. The molecule has 0 fully saturated rings. The number of pyridine rings is 1. The summed E-state index contributed by atoms with van der Waals surface area (Å²) >= 11 is 0. The number of ether oxygens (including phenoxy) is 1. The van der Waals surface area contributed by atoms with Crippen molar-refractivity contribution >= 4 is 11.9 Å². The van der Waals surface area contributed by atoms with Crippen molar-refractivity contribution in [2.24, 2.45) is 0 Å². The van der Waals surface area contributed by atoms with E-state index in [-0.39, 0.29) is 6.01 Å². The lowest BCUT2D eigenvalue weighted by atomic mass is 10.3. The van der Waals surface area contributed by atoms with Crippen LogP contribution in [-0.2, 0) is 13.1 Å². The monoisotopic (exact) mass is 326 g/mol. The molecule has 3 aromatic rings. The fourth-order valence-corrected chi connectivity index (χ4v) is 1.97. The van der Waals surface area contributed by atoms with Crippen molar-refractivity contribution in [2.45, 2.75) is 20.0 Å². The molecule has 3 aromatic heterocycles. The first-order valence-electron chi connectivity index (χ1n) is 7.61. The molecule has 0 bridgehead atoms. The van der Waals surface area contributed by atoms with Crippen molar-refractivity contribution in [3.63, 3.8) is 0 Å². The summed E-state index contributed by atoms with van der Waals surface area (Å²) < 4.78 is 10.7. The van der Waals surface area contributed by atoms with Gasteiger partial charge in [-0.25, -0.2) is 0 Å². The Balaban J connectivity index is 1.69. The van der Waals surface area contributed by atoms with E-state index in [2.05, 4.69) is 30.6 Å². The van der Waals surface area contributed by atoms with Gasteiger partial charge >= 0.3 is 6.01 Å². The van der Waals surface area contributed by atoms with Gasteiger partial charge in [-0.15, -0.1) is 0 Å². The summed E-state index contributed by atoms with van der Waals surface area (Å²) in [5, 5.41) is 6.24. The Labute approximate surface area is 139 Å². The van der Waals surface area contributed by atoms with E-state index in [4.69, 9.17) is 9.15 Å². The normalized spacial score (nSPS) is 10.4. The number of nitrogens with zero attached hydrogens (tertiary/aromatic N) is 4. The Morgan fingerprint density at radius 1 is 1.04 bits per heavy atom. The van der Waals surface area contributed by atoms with Crippen molar-refractivity contribution in [1.29, 1.82) is 0 Å².